The van der Waals surface area contributed by atoms with E-state index in [9.17, 15) is 13.6 Å². The summed E-state index contributed by atoms with van der Waals surface area (Å²) in [6.45, 7) is 2.80. The normalized spacial score (nSPS) is 14.2. The summed E-state index contributed by atoms with van der Waals surface area (Å²) in [6, 6.07) is 3.36. The van der Waals surface area contributed by atoms with Gasteiger partial charge in [0.25, 0.3) is 0 Å². The summed E-state index contributed by atoms with van der Waals surface area (Å²) >= 11 is 0. The highest BCUT2D eigenvalue weighted by atomic mass is 19.2. The Hall–Kier alpha value is -2.55. The van der Waals surface area contributed by atoms with Crippen molar-refractivity contribution < 1.29 is 33.4 Å². The number of nitrogens with one attached hydrogen (secondary N) is 1. The maximum atomic E-state index is 13.0. The van der Waals surface area contributed by atoms with E-state index in [4.69, 9.17) is 19.8 Å². The molecule has 0 unspecified atom stereocenters. The highest BCUT2D eigenvalue weighted by Gasteiger charge is 2.12. The third-order valence-electron chi connectivity index (χ3n) is 3.49. The first-order valence-corrected chi connectivity index (χ1v) is 7.73. The maximum Gasteiger partial charge on any atom is 0.414 e. The van der Waals surface area contributed by atoms with Crippen molar-refractivity contribution in [3.63, 3.8) is 0 Å². The van der Waals surface area contributed by atoms with Crippen LogP contribution in [0.25, 0.3) is 0 Å². The number of rotatable bonds is 4. The number of carboxylic acids is 2. The van der Waals surface area contributed by atoms with Crippen LogP contribution in [0.3, 0.4) is 0 Å². The van der Waals surface area contributed by atoms with Crippen molar-refractivity contribution >= 4 is 23.5 Å². The first-order chi connectivity index (χ1) is 11.8. The van der Waals surface area contributed by atoms with Crippen molar-refractivity contribution in [2.45, 2.75) is 25.7 Å². The molecule has 0 atom stereocenters. The molecule has 1 amide bonds. The summed E-state index contributed by atoms with van der Waals surface area (Å²) in [6.07, 6.45) is 4.01. The van der Waals surface area contributed by atoms with Crippen molar-refractivity contribution in [2.24, 2.45) is 0 Å². The average Bonchev–Trinajstić information content (AvgIpc) is 2.58. The summed E-state index contributed by atoms with van der Waals surface area (Å²) in [5.41, 5.74) is 0.294. The molecule has 0 bridgehead atoms. The molecule has 0 radical (unpaired) electrons. The highest BCUT2D eigenvalue weighted by molar-refractivity contribution is 6.27. The zero-order valence-corrected chi connectivity index (χ0v) is 13.5. The molecule has 1 aliphatic heterocycles. The third-order valence-corrected chi connectivity index (χ3v) is 3.49. The predicted molar refractivity (Wildman–Crippen MR) is 85.2 cm³/mol. The van der Waals surface area contributed by atoms with Gasteiger partial charge >= 0.3 is 11.9 Å². The lowest BCUT2D eigenvalue weighted by Gasteiger charge is -2.25. The fourth-order valence-corrected chi connectivity index (χ4v) is 2.24. The quantitative estimate of drug-likeness (QED) is 0.710. The lowest BCUT2D eigenvalue weighted by Crippen LogP contribution is -2.32. The molecule has 1 aromatic rings. The Morgan fingerprint density at radius 2 is 1.60 bits per heavy atom. The van der Waals surface area contributed by atoms with Gasteiger partial charge < -0.3 is 20.4 Å². The van der Waals surface area contributed by atoms with Crippen LogP contribution in [0.5, 0.6) is 0 Å². The number of nitrogens with zero attached hydrogens (tertiary/aromatic N) is 1. The minimum absolute atomic E-state index is 0.170. The van der Waals surface area contributed by atoms with Gasteiger partial charge in [-0.2, -0.15) is 0 Å². The minimum atomic E-state index is -1.82. The molecule has 7 nitrogen and oxygen atoms in total. The molecular formula is C16H20F2N2O5. The van der Waals surface area contributed by atoms with Gasteiger partial charge in [-0.15, -0.1) is 0 Å². The lowest BCUT2D eigenvalue weighted by atomic mass is 10.1. The standard InChI is InChI=1S/C14H18F2N2O.C2H2O4/c15-12-5-4-11(10-13(12)16)17-14(19)6-9-18-7-2-1-3-8-18;3-1(4)2(5)6/h4-5,10H,1-3,6-9H2,(H,17,19);(H,3,4)(H,5,6). The van der Waals surface area contributed by atoms with Gasteiger partial charge in [0.1, 0.15) is 0 Å². The van der Waals surface area contributed by atoms with Gasteiger partial charge in [-0.25, -0.2) is 18.4 Å². The molecule has 0 saturated carbocycles. The van der Waals surface area contributed by atoms with E-state index in [1.165, 1.54) is 25.3 Å². The van der Waals surface area contributed by atoms with Gasteiger partial charge in [-0.05, 0) is 38.1 Å². The molecule has 1 saturated heterocycles. The molecule has 3 N–H and O–H groups in total. The lowest BCUT2D eigenvalue weighted by molar-refractivity contribution is -0.159. The summed E-state index contributed by atoms with van der Waals surface area (Å²) in [5, 5.41) is 17.4. The second kappa shape index (κ2) is 10.3. The van der Waals surface area contributed by atoms with E-state index in [1.807, 2.05) is 0 Å². The Bertz CT molecular complexity index is 607. The largest absolute Gasteiger partial charge is 0.473 e. The number of piperidine rings is 1. The number of hydrogen-bond acceptors (Lipinski definition) is 4. The summed E-state index contributed by atoms with van der Waals surface area (Å²) in [5.74, 6) is -5.68. The molecule has 0 aromatic heterocycles. The Balaban J connectivity index is 0.000000450. The first kappa shape index (κ1) is 20.5. The first-order valence-electron chi connectivity index (χ1n) is 7.73. The fourth-order valence-electron chi connectivity index (χ4n) is 2.24. The van der Waals surface area contributed by atoms with Crippen molar-refractivity contribution in [3.05, 3.63) is 29.8 Å². The van der Waals surface area contributed by atoms with Crippen LogP contribution in [0.15, 0.2) is 18.2 Å². The van der Waals surface area contributed by atoms with Crippen LogP contribution in [0.2, 0.25) is 0 Å². The average molecular weight is 358 g/mol. The van der Waals surface area contributed by atoms with Gasteiger partial charge in [-0.1, -0.05) is 6.42 Å². The summed E-state index contributed by atoms with van der Waals surface area (Å²) in [7, 11) is 0. The number of hydrogen-bond donors (Lipinski definition) is 3. The van der Waals surface area contributed by atoms with Gasteiger partial charge in [0.15, 0.2) is 11.6 Å². The summed E-state index contributed by atoms with van der Waals surface area (Å²) in [4.78, 5) is 32.2. The van der Waals surface area contributed by atoms with E-state index >= 15 is 0 Å². The van der Waals surface area contributed by atoms with Gasteiger partial charge in [0.05, 0.1) is 0 Å². The van der Waals surface area contributed by atoms with E-state index in [1.54, 1.807) is 0 Å². The van der Waals surface area contributed by atoms with Crippen molar-refractivity contribution in [1.82, 2.24) is 4.90 Å². The van der Waals surface area contributed by atoms with Crippen molar-refractivity contribution in [1.29, 1.82) is 0 Å². The molecular weight excluding hydrogens is 338 g/mol. The molecule has 0 spiro atoms. The smallest absolute Gasteiger partial charge is 0.414 e. The molecule has 138 valence electrons. The molecule has 2 rings (SSSR count). The molecule has 1 aliphatic rings. The van der Waals surface area contributed by atoms with Crippen LogP contribution in [0.1, 0.15) is 25.7 Å². The number of likely N-dealkylation sites (tertiary alicyclic amines) is 1. The number of anilines is 1. The molecule has 1 aromatic carbocycles. The van der Waals surface area contributed by atoms with E-state index in [0.717, 1.165) is 31.8 Å². The molecule has 1 fully saturated rings. The second-order valence-electron chi connectivity index (χ2n) is 5.44. The van der Waals surface area contributed by atoms with Crippen LogP contribution in [0.4, 0.5) is 14.5 Å². The monoisotopic (exact) mass is 358 g/mol. The summed E-state index contributed by atoms with van der Waals surface area (Å²) < 4.78 is 25.7. The Morgan fingerprint density at radius 1 is 1.00 bits per heavy atom. The Morgan fingerprint density at radius 3 is 2.12 bits per heavy atom. The molecule has 1 heterocycles. The zero-order valence-electron chi connectivity index (χ0n) is 13.5. The van der Waals surface area contributed by atoms with E-state index in [0.29, 0.717) is 12.1 Å². The molecule has 25 heavy (non-hydrogen) atoms. The van der Waals surface area contributed by atoms with Crippen LogP contribution in [0, 0.1) is 11.6 Å². The maximum absolute atomic E-state index is 13.0. The Kier molecular flexibility index (Phi) is 8.48. The van der Waals surface area contributed by atoms with Crippen molar-refractivity contribution in [3.8, 4) is 0 Å². The van der Waals surface area contributed by atoms with E-state index in [2.05, 4.69) is 10.2 Å². The van der Waals surface area contributed by atoms with Gasteiger partial charge in [0, 0.05) is 24.7 Å². The zero-order chi connectivity index (χ0) is 18.8. The topological polar surface area (TPSA) is 107 Å². The van der Waals surface area contributed by atoms with E-state index < -0.39 is 23.6 Å². The van der Waals surface area contributed by atoms with Crippen LogP contribution in [-0.2, 0) is 14.4 Å². The van der Waals surface area contributed by atoms with Crippen LogP contribution < -0.4 is 5.32 Å². The second-order valence-corrected chi connectivity index (χ2v) is 5.44. The number of carbonyl (C=O) groups is 3. The van der Waals surface area contributed by atoms with Crippen LogP contribution >= 0.6 is 0 Å². The van der Waals surface area contributed by atoms with Crippen molar-refractivity contribution in [2.75, 3.05) is 25.0 Å². The number of benzene rings is 1. The number of amides is 1. The Labute approximate surface area is 143 Å². The number of carboxylic acid groups (broad SMARTS) is 2. The number of carbonyl (C=O) groups excluding carboxylic acids is 1. The van der Waals surface area contributed by atoms with Gasteiger partial charge in [0.2, 0.25) is 5.91 Å². The predicted octanol–water partition coefficient (Wildman–Crippen LogP) is 1.93. The highest BCUT2D eigenvalue weighted by Crippen LogP contribution is 2.14. The van der Waals surface area contributed by atoms with E-state index in [-0.39, 0.29) is 5.91 Å². The van der Waals surface area contributed by atoms with Gasteiger partial charge in [-0.3, -0.25) is 4.79 Å². The number of aliphatic carboxylic acids is 2. The minimum Gasteiger partial charge on any atom is -0.473 e. The molecule has 0 aliphatic carbocycles. The number of halogens is 2. The van der Waals surface area contributed by atoms with Crippen LogP contribution in [-0.4, -0.2) is 52.6 Å². The molecule has 9 heteroatoms. The third kappa shape index (κ3) is 8.20. The fraction of sp³-hybridized carbons (Fsp3) is 0.438. The SMILES string of the molecule is O=C(CCN1CCCCC1)Nc1ccc(F)c(F)c1.O=C(O)C(=O)O.